The molecule has 8 heteroatoms. The van der Waals surface area contributed by atoms with E-state index in [4.69, 9.17) is 5.73 Å². The molecule has 2 fully saturated rings. The highest BCUT2D eigenvalue weighted by Gasteiger charge is 2.31. The van der Waals surface area contributed by atoms with Gasteiger partial charge in [-0.3, -0.25) is 4.79 Å². The van der Waals surface area contributed by atoms with E-state index in [1.165, 1.54) is 4.31 Å². The fourth-order valence-electron chi connectivity index (χ4n) is 2.01. The normalized spacial score (nSPS) is 24.3. The fourth-order valence-corrected chi connectivity index (χ4v) is 3.48. The summed E-state index contributed by atoms with van der Waals surface area (Å²) in [6, 6.07) is 0.00846. The Bertz CT molecular complexity index is 397. The van der Waals surface area contributed by atoms with Crippen molar-refractivity contribution in [3.05, 3.63) is 0 Å². The summed E-state index contributed by atoms with van der Waals surface area (Å²) in [5.74, 6) is 0.430. The van der Waals surface area contributed by atoms with Gasteiger partial charge in [0.1, 0.15) is 0 Å². The van der Waals surface area contributed by atoms with Crippen LogP contribution in [0.4, 0.5) is 0 Å². The lowest BCUT2D eigenvalue weighted by molar-refractivity contribution is -0.121. The molecule has 1 unspecified atom stereocenters. The number of amides is 1. The Balaban J connectivity index is 0.00000162. The zero-order valence-corrected chi connectivity index (χ0v) is 11.8. The highest BCUT2D eigenvalue weighted by Crippen LogP contribution is 2.31. The highest BCUT2D eigenvalue weighted by atomic mass is 35.5. The van der Waals surface area contributed by atoms with E-state index < -0.39 is 10.0 Å². The van der Waals surface area contributed by atoms with Crippen LogP contribution in [0.25, 0.3) is 0 Å². The number of carbonyl (C=O) groups is 1. The first-order chi connectivity index (χ1) is 7.99. The summed E-state index contributed by atoms with van der Waals surface area (Å²) in [6.45, 7) is 0.821. The molecule has 1 saturated heterocycles. The number of nitrogens with two attached hydrogens (primary N) is 1. The average Bonchev–Trinajstić information content (AvgIpc) is 3.03. The van der Waals surface area contributed by atoms with E-state index in [0.29, 0.717) is 25.4 Å². The molecular formula is C10H20ClN3O3S. The van der Waals surface area contributed by atoms with Crippen LogP contribution < -0.4 is 11.1 Å². The Kier molecular flexibility index (Phi) is 5.39. The van der Waals surface area contributed by atoms with Gasteiger partial charge in [-0.25, -0.2) is 8.42 Å². The predicted molar refractivity (Wildman–Crippen MR) is 70.9 cm³/mol. The second-order valence-electron chi connectivity index (χ2n) is 4.81. The number of hydrogen-bond acceptors (Lipinski definition) is 4. The minimum absolute atomic E-state index is 0. The van der Waals surface area contributed by atoms with Gasteiger partial charge in [-0.1, -0.05) is 0 Å². The maximum atomic E-state index is 11.6. The predicted octanol–water partition coefficient (Wildman–Crippen LogP) is -0.703. The van der Waals surface area contributed by atoms with E-state index in [1.54, 1.807) is 0 Å². The molecule has 0 spiro atoms. The number of sulfonamides is 1. The molecule has 0 aromatic heterocycles. The van der Waals surface area contributed by atoms with Crippen LogP contribution in [-0.2, 0) is 14.8 Å². The van der Waals surface area contributed by atoms with Crippen molar-refractivity contribution in [2.75, 3.05) is 25.4 Å². The molecule has 18 heavy (non-hydrogen) atoms. The molecule has 1 heterocycles. The summed E-state index contributed by atoms with van der Waals surface area (Å²) in [5.41, 5.74) is 5.84. The fraction of sp³-hybridized carbons (Fsp3) is 0.900. The second-order valence-corrected chi connectivity index (χ2v) is 6.90. The minimum atomic E-state index is -3.18. The molecule has 1 amide bonds. The molecule has 1 aliphatic carbocycles. The van der Waals surface area contributed by atoms with Crippen molar-refractivity contribution < 1.29 is 13.2 Å². The monoisotopic (exact) mass is 297 g/mol. The Hall–Kier alpha value is -0.370. The maximum absolute atomic E-state index is 11.6. The van der Waals surface area contributed by atoms with E-state index in [9.17, 15) is 13.2 Å². The molecule has 1 atom stereocenters. The standard InChI is InChI=1S/C10H19N3O3S.ClH/c11-9(8-2-3-8)6-12-10(14)7-13-4-1-5-17(13,15)16;/h8-9H,1-7,11H2,(H,12,14);1H. The number of halogens is 1. The highest BCUT2D eigenvalue weighted by molar-refractivity contribution is 7.89. The lowest BCUT2D eigenvalue weighted by Crippen LogP contribution is -2.43. The number of nitrogens with one attached hydrogen (secondary N) is 1. The Labute approximate surface area is 114 Å². The van der Waals surface area contributed by atoms with Gasteiger partial charge < -0.3 is 11.1 Å². The largest absolute Gasteiger partial charge is 0.353 e. The van der Waals surface area contributed by atoms with E-state index >= 15 is 0 Å². The second kappa shape index (κ2) is 6.18. The first kappa shape index (κ1) is 15.7. The first-order valence-electron chi connectivity index (χ1n) is 5.99. The summed E-state index contributed by atoms with van der Waals surface area (Å²) >= 11 is 0. The van der Waals surface area contributed by atoms with Crippen LogP contribution in [0.1, 0.15) is 19.3 Å². The average molecular weight is 298 g/mol. The molecule has 0 aromatic rings. The Morgan fingerprint density at radius 1 is 1.44 bits per heavy atom. The summed E-state index contributed by atoms with van der Waals surface area (Å²) in [7, 11) is -3.18. The van der Waals surface area contributed by atoms with Crippen LogP contribution in [0.5, 0.6) is 0 Å². The summed E-state index contributed by atoms with van der Waals surface area (Å²) < 4.78 is 24.2. The molecule has 2 rings (SSSR count). The molecule has 1 aliphatic heterocycles. The van der Waals surface area contributed by atoms with Gasteiger partial charge in [-0.05, 0) is 25.2 Å². The van der Waals surface area contributed by atoms with Crippen LogP contribution in [0.2, 0.25) is 0 Å². The van der Waals surface area contributed by atoms with Crippen LogP contribution in [-0.4, -0.2) is 50.1 Å². The van der Waals surface area contributed by atoms with Crippen LogP contribution in [0.15, 0.2) is 0 Å². The third-order valence-electron chi connectivity index (χ3n) is 3.29. The van der Waals surface area contributed by atoms with Crippen molar-refractivity contribution in [1.29, 1.82) is 0 Å². The molecule has 0 aromatic carbocycles. The van der Waals surface area contributed by atoms with Gasteiger partial charge in [0, 0.05) is 19.1 Å². The summed E-state index contributed by atoms with van der Waals surface area (Å²) in [4.78, 5) is 11.6. The van der Waals surface area contributed by atoms with E-state index in [-0.39, 0.29) is 36.7 Å². The molecule has 106 valence electrons. The van der Waals surface area contributed by atoms with Crippen molar-refractivity contribution >= 4 is 28.3 Å². The van der Waals surface area contributed by atoms with Gasteiger partial charge in [-0.15, -0.1) is 12.4 Å². The molecule has 3 N–H and O–H groups in total. The van der Waals surface area contributed by atoms with Gasteiger partial charge in [0.25, 0.3) is 0 Å². The van der Waals surface area contributed by atoms with E-state index in [1.807, 2.05) is 0 Å². The number of rotatable bonds is 5. The first-order valence-corrected chi connectivity index (χ1v) is 7.60. The van der Waals surface area contributed by atoms with Crippen molar-refractivity contribution in [3.63, 3.8) is 0 Å². The van der Waals surface area contributed by atoms with Crippen LogP contribution in [0, 0.1) is 5.92 Å². The van der Waals surface area contributed by atoms with Crippen molar-refractivity contribution in [3.8, 4) is 0 Å². The summed E-state index contributed by atoms with van der Waals surface area (Å²) in [5, 5.41) is 2.70. The van der Waals surface area contributed by atoms with Gasteiger partial charge in [-0.2, -0.15) is 4.31 Å². The van der Waals surface area contributed by atoms with Crippen molar-refractivity contribution in [1.82, 2.24) is 9.62 Å². The lowest BCUT2D eigenvalue weighted by Gasteiger charge is -2.15. The van der Waals surface area contributed by atoms with Crippen molar-refractivity contribution in [2.45, 2.75) is 25.3 Å². The molecule has 6 nitrogen and oxygen atoms in total. The SMILES string of the molecule is Cl.NC(CNC(=O)CN1CCCS1(=O)=O)C1CC1. The molecule has 2 aliphatic rings. The Morgan fingerprint density at radius 2 is 2.11 bits per heavy atom. The smallest absolute Gasteiger partial charge is 0.235 e. The van der Waals surface area contributed by atoms with Crippen LogP contribution in [0.3, 0.4) is 0 Å². The van der Waals surface area contributed by atoms with Gasteiger partial charge in [0.15, 0.2) is 0 Å². The number of hydrogen-bond donors (Lipinski definition) is 2. The van der Waals surface area contributed by atoms with Gasteiger partial charge in [0.2, 0.25) is 15.9 Å². The molecular weight excluding hydrogens is 278 g/mol. The third kappa shape index (κ3) is 4.08. The van der Waals surface area contributed by atoms with Gasteiger partial charge in [0.05, 0.1) is 12.3 Å². The zero-order chi connectivity index (χ0) is 12.5. The molecule has 1 saturated carbocycles. The maximum Gasteiger partial charge on any atom is 0.235 e. The van der Waals surface area contributed by atoms with E-state index in [2.05, 4.69) is 5.32 Å². The molecule has 0 bridgehead atoms. The number of carbonyl (C=O) groups excluding carboxylic acids is 1. The quantitative estimate of drug-likeness (QED) is 0.702. The van der Waals surface area contributed by atoms with Crippen LogP contribution >= 0.6 is 12.4 Å². The number of nitrogens with zero attached hydrogens (tertiary/aromatic N) is 1. The molecule has 0 radical (unpaired) electrons. The third-order valence-corrected chi connectivity index (χ3v) is 5.19. The topological polar surface area (TPSA) is 92.5 Å². The van der Waals surface area contributed by atoms with Crippen molar-refractivity contribution in [2.24, 2.45) is 11.7 Å². The Morgan fingerprint density at radius 3 is 2.61 bits per heavy atom. The lowest BCUT2D eigenvalue weighted by atomic mass is 10.2. The van der Waals surface area contributed by atoms with Gasteiger partial charge >= 0.3 is 0 Å². The zero-order valence-electron chi connectivity index (χ0n) is 10.2. The minimum Gasteiger partial charge on any atom is -0.353 e. The summed E-state index contributed by atoms with van der Waals surface area (Å²) in [6.07, 6.45) is 2.88. The van der Waals surface area contributed by atoms with E-state index in [0.717, 1.165) is 12.8 Å².